The van der Waals surface area contributed by atoms with E-state index in [0.717, 1.165) is 17.9 Å². The second-order valence-electron chi connectivity index (χ2n) is 6.71. The van der Waals surface area contributed by atoms with Gasteiger partial charge in [0.05, 0.1) is 0 Å². The van der Waals surface area contributed by atoms with Gasteiger partial charge in [-0.2, -0.15) is 0 Å². The molecule has 2 heterocycles. The Bertz CT molecular complexity index is 567. The first-order valence-corrected chi connectivity index (χ1v) is 7.90. The predicted molar refractivity (Wildman–Crippen MR) is 78.6 cm³/mol. The van der Waals surface area contributed by atoms with Crippen LogP contribution in [0, 0.1) is 5.41 Å². The van der Waals surface area contributed by atoms with Crippen LogP contribution >= 0.6 is 0 Å². The molecule has 0 aromatic heterocycles. The van der Waals surface area contributed by atoms with Crippen molar-refractivity contribution in [3.05, 3.63) is 29.8 Å². The number of hydrogen-bond donors (Lipinski definition) is 1. The summed E-state index contributed by atoms with van der Waals surface area (Å²) in [6.45, 7) is 1.79. The molecular weight excluding hydrogens is 266 g/mol. The monoisotopic (exact) mass is 287 g/mol. The number of aliphatic carboxylic acids is 1. The van der Waals surface area contributed by atoms with Gasteiger partial charge in [0, 0.05) is 25.0 Å². The molecule has 1 aliphatic carbocycles. The van der Waals surface area contributed by atoms with Crippen molar-refractivity contribution >= 4 is 5.97 Å². The Morgan fingerprint density at radius 3 is 2.81 bits per heavy atom. The zero-order valence-electron chi connectivity index (χ0n) is 12.1. The Balaban J connectivity index is 1.72. The highest BCUT2D eigenvalue weighted by atomic mass is 16.5. The molecule has 21 heavy (non-hydrogen) atoms. The van der Waals surface area contributed by atoms with Crippen molar-refractivity contribution in [1.29, 1.82) is 0 Å². The average molecular weight is 287 g/mol. The predicted octanol–water partition coefficient (Wildman–Crippen LogP) is 2.49. The lowest BCUT2D eigenvalue weighted by atomic mass is 9.73. The largest absolute Gasteiger partial charge is 0.492 e. The van der Waals surface area contributed by atoms with Gasteiger partial charge in [-0.25, -0.2) is 0 Å². The van der Waals surface area contributed by atoms with Crippen molar-refractivity contribution in [3.63, 3.8) is 0 Å². The molecule has 2 atom stereocenters. The van der Waals surface area contributed by atoms with Crippen LogP contribution in [0.1, 0.15) is 37.2 Å². The van der Waals surface area contributed by atoms with Crippen LogP contribution in [0.15, 0.2) is 24.3 Å². The first kappa shape index (κ1) is 13.1. The summed E-state index contributed by atoms with van der Waals surface area (Å²) in [5.74, 6) is 0.218. The van der Waals surface area contributed by atoms with Crippen molar-refractivity contribution in [2.75, 3.05) is 19.7 Å². The van der Waals surface area contributed by atoms with Crippen LogP contribution in [-0.4, -0.2) is 41.7 Å². The van der Waals surface area contributed by atoms with Gasteiger partial charge in [-0.15, -0.1) is 0 Å². The number of hydrogen-bond acceptors (Lipinski definition) is 3. The lowest BCUT2D eigenvalue weighted by Gasteiger charge is -2.36. The van der Waals surface area contributed by atoms with Gasteiger partial charge in [0.25, 0.3) is 0 Å². The maximum Gasteiger partial charge on any atom is 0.315 e. The summed E-state index contributed by atoms with van der Waals surface area (Å²) in [6.07, 6.45) is 4.98. The van der Waals surface area contributed by atoms with Crippen LogP contribution in [0.5, 0.6) is 5.75 Å². The molecule has 2 fully saturated rings. The van der Waals surface area contributed by atoms with Gasteiger partial charge >= 0.3 is 5.97 Å². The number of carboxylic acid groups (broad SMARTS) is 1. The van der Waals surface area contributed by atoms with E-state index in [9.17, 15) is 9.90 Å². The highest BCUT2D eigenvalue weighted by molar-refractivity contribution is 5.78. The van der Waals surface area contributed by atoms with Crippen molar-refractivity contribution in [3.8, 4) is 5.75 Å². The third kappa shape index (κ3) is 1.89. The van der Waals surface area contributed by atoms with E-state index in [-0.39, 0.29) is 5.92 Å². The molecule has 4 rings (SSSR count). The molecular formula is C17H21NO3. The fourth-order valence-electron chi connectivity index (χ4n) is 4.42. The molecule has 2 aliphatic heterocycles. The lowest BCUT2D eigenvalue weighted by molar-refractivity contribution is -0.152. The number of para-hydroxylation sites is 1. The smallest absolute Gasteiger partial charge is 0.315 e. The average Bonchev–Trinajstić information content (AvgIpc) is 3.14. The standard InChI is InChI=1S/C17H21NO3/c19-16(20)17-10-18(12-5-1-2-6-12)9-14(17)13-7-3-4-8-15(13)21-11-17/h3-4,7-8,12,14H,1-2,5-6,9-11H2,(H,19,20)/t14-,17-/m1/s1. The first-order valence-electron chi connectivity index (χ1n) is 7.90. The van der Waals surface area contributed by atoms with Gasteiger partial charge in [-0.05, 0) is 24.5 Å². The van der Waals surface area contributed by atoms with E-state index in [1.165, 1.54) is 25.7 Å². The molecule has 1 saturated heterocycles. The number of likely N-dealkylation sites (tertiary alicyclic amines) is 1. The molecule has 3 aliphatic rings. The van der Waals surface area contributed by atoms with Crippen LogP contribution in [0.2, 0.25) is 0 Å². The summed E-state index contributed by atoms with van der Waals surface area (Å²) in [5, 5.41) is 9.88. The van der Waals surface area contributed by atoms with E-state index < -0.39 is 11.4 Å². The van der Waals surface area contributed by atoms with Crippen LogP contribution in [-0.2, 0) is 4.79 Å². The molecule has 112 valence electrons. The van der Waals surface area contributed by atoms with E-state index >= 15 is 0 Å². The SMILES string of the molecule is O=C(O)[C@]12COc3ccccc3[C@H]1CN(C1CCCC1)C2. The van der Waals surface area contributed by atoms with E-state index in [1.807, 2.05) is 24.3 Å². The number of fused-ring (bicyclic) bond motifs is 3. The molecule has 0 bridgehead atoms. The summed E-state index contributed by atoms with van der Waals surface area (Å²) in [7, 11) is 0. The molecule has 1 aromatic carbocycles. The van der Waals surface area contributed by atoms with Gasteiger partial charge in [-0.1, -0.05) is 31.0 Å². The fourth-order valence-corrected chi connectivity index (χ4v) is 4.42. The molecule has 0 radical (unpaired) electrons. The second-order valence-corrected chi connectivity index (χ2v) is 6.71. The minimum Gasteiger partial charge on any atom is -0.492 e. The van der Waals surface area contributed by atoms with E-state index in [0.29, 0.717) is 19.2 Å². The Hall–Kier alpha value is -1.55. The lowest BCUT2D eigenvalue weighted by Crippen LogP contribution is -2.46. The minimum absolute atomic E-state index is 0.0561. The summed E-state index contributed by atoms with van der Waals surface area (Å²) in [4.78, 5) is 14.4. The Kier molecular flexibility index (Phi) is 2.96. The van der Waals surface area contributed by atoms with E-state index in [1.54, 1.807) is 0 Å². The number of rotatable bonds is 2. The molecule has 1 aromatic rings. The second kappa shape index (κ2) is 4.73. The maximum absolute atomic E-state index is 12.0. The van der Waals surface area contributed by atoms with Gasteiger partial charge in [0.1, 0.15) is 17.8 Å². The Morgan fingerprint density at radius 1 is 1.29 bits per heavy atom. The van der Waals surface area contributed by atoms with Gasteiger partial charge in [0.2, 0.25) is 0 Å². The van der Waals surface area contributed by atoms with Gasteiger partial charge in [-0.3, -0.25) is 9.69 Å². The summed E-state index contributed by atoms with van der Waals surface area (Å²) < 4.78 is 5.81. The number of carbonyl (C=O) groups is 1. The molecule has 4 heteroatoms. The van der Waals surface area contributed by atoms with Crippen molar-refractivity contribution in [2.24, 2.45) is 5.41 Å². The van der Waals surface area contributed by atoms with Crippen LogP contribution in [0.3, 0.4) is 0 Å². The minimum atomic E-state index is -0.767. The van der Waals surface area contributed by atoms with Crippen molar-refractivity contribution < 1.29 is 14.6 Å². The molecule has 0 amide bonds. The Labute approximate surface area is 124 Å². The highest BCUT2D eigenvalue weighted by Crippen LogP contribution is 2.50. The van der Waals surface area contributed by atoms with Crippen LogP contribution in [0.4, 0.5) is 0 Å². The quantitative estimate of drug-likeness (QED) is 0.908. The molecule has 4 nitrogen and oxygen atoms in total. The highest BCUT2D eigenvalue weighted by Gasteiger charge is 2.57. The molecule has 0 unspecified atom stereocenters. The molecule has 1 N–H and O–H groups in total. The van der Waals surface area contributed by atoms with Gasteiger partial charge in [0.15, 0.2) is 0 Å². The third-order valence-electron chi connectivity index (χ3n) is 5.62. The molecule has 1 saturated carbocycles. The van der Waals surface area contributed by atoms with Gasteiger partial charge < -0.3 is 9.84 Å². The number of ether oxygens (including phenoxy) is 1. The summed E-state index contributed by atoms with van der Waals surface area (Å²) in [5.41, 5.74) is 0.309. The Morgan fingerprint density at radius 2 is 2.05 bits per heavy atom. The summed E-state index contributed by atoms with van der Waals surface area (Å²) >= 11 is 0. The topological polar surface area (TPSA) is 49.8 Å². The zero-order valence-corrected chi connectivity index (χ0v) is 12.1. The molecule has 0 spiro atoms. The first-order chi connectivity index (χ1) is 10.2. The van der Waals surface area contributed by atoms with Crippen LogP contribution in [0.25, 0.3) is 0 Å². The van der Waals surface area contributed by atoms with Crippen LogP contribution < -0.4 is 4.74 Å². The summed E-state index contributed by atoms with van der Waals surface area (Å²) in [6, 6.07) is 8.50. The number of benzene rings is 1. The van der Waals surface area contributed by atoms with Crippen molar-refractivity contribution in [1.82, 2.24) is 4.90 Å². The normalized spacial score (nSPS) is 32.5. The fraction of sp³-hybridized carbons (Fsp3) is 0.588. The van der Waals surface area contributed by atoms with E-state index in [2.05, 4.69) is 4.90 Å². The van der Waals surface area contributed by atoms with Crippen molar-refractivity contribution in [2.45, 2.75) is 37.6 Å². The zero-order chi connectivity index (χ0) is 14.4. The van der Waals surface area contributed by atoms with E-state index in [4.69, 9.17) is 4.74 Å². The third-order valence-corrected chi connectivity index (χ3v) is 5.62. The number of carboxylic acids is 1. The number of nitrogens with zero attached hydrogens (tertiary/aromatic N) is 1. The maximum atomic E-state index is 12.0.